The van der Waals surface area contributed by atoms with E-state index < -0.39 is 5.25 Å². The number of rotatable bonds is 6. The average molecular weight is 508 g/mol. The molecule has 3 heterocycles. The van der Waals surface area contributed by atoms with Gasteiger partial charge < -0.3 is 15.0 Å². The average Bonchev–Trinajstić information content (AvgIpc) is 3.24. The molecule has 0 aliphatic carbocycles. The van der Waals surface area contributed by atoms with Gasteiger partial charge in [-0.05, 0) is 67.0 Å². The third-order valence-electron chi connectivity index (χ3n) is 7.18. The molecule has 2 aromatic rings. The summed E-state index contributed by atoms with van der Waals surface area (Å²) in [7, 11) is 1.55. The van der Waals surface area contributed by atoms with Crippen LogP contribution in [-0.2, 0) is 22.4 Å². The Labute approximate surface area is 214 Å². The summed E-state index contributed by atoms with van der Waals surface area (Å²) in [6.07, 6.45) is 4.62. The van der Waals surface area contributed by atoms with E-state index in [4.69, 9.17) is 4.74 Å². The van der Waals surface area contributed by atoms with E-state index in [0.717, 1.165) is 60.8 Å². The number of benzene rings is 2. The van der Waals surface area contributed by atoms with Gasteiger partial charge in [0.05, 0.1) is 12.8 Å². The highest BCUT2D eigenvalue weighted by Crippen LogP contribution is 2.43. The fourth-order valence-electron chi connectivity index (χ4n) is 5.34. The molecule has 0 radical (unpaired) electrons. The Bertz CT molecular complexity index is 1210. The van der Waals surface area contributed by atoms with Crippen LogP contribution in [0, 0.1) is 0 Å². The Morgan fingerprint density at radius 2 is 1.78 bits per heavy atom. The third kappa shape index (κ3) is 4.84. The van der Waals surface area contributed by atoms with Crippen molar-refractivity contribution < 1.29 is 23.9 Å². The number of imide groups is 1. The number of amides is 4. The number of nitrogens with zero attached hydrogens (tertiary/aromatic N) is 1. The smallest absolute Gasteiger partial charge is 0.286 e. The van der Waals surface area contributed by atoms with Gasteiger partial charge in [-0.3, -0.25) is 24.5 Å². The number of anilines is 1. The van der Waals surface area contributed by atoms with Crippen molar-refractivity contribution in [3.63, 3.8) is 0 Å². The van der Waals surface area contributed by atoms with E-state index >= 15 is 0 Å². The first-order chi connectivity index (χ1) is 17.4. The lowest BCUT2D eigenvalue weighted by atomic mass is 9.82. The van der Waals surface area contributed by atoms with Crippen molar-refractivity contribution in [2.75, 3.05) is 25.5 Å². The molecule has 2 aromatic carbocycles. The Morgan fingerprint density at radius 1 is 1.03 bits per heavy atom. The molecule has 0 aromatic heterocycles. The van der Waals surface area contributed by atoms with Crippen molar-refractivity contribution in [2.45, 2.75) is 49.7 Å². The second-order valence-electron chi connectivity index (χ2n) is 9.43. The molecule has 9 heteroatoms. The number of hydrogen-bond acceptors (Lipinski definition) is 6. The molecule has 3 aliphatic heterocycles. The van der Waals surface area contributed by atoms with Gasteiger partial charge in [-0.25, -0.2) is 0 Å². The molecule has 2 fully saturated rings. The van der Waals surface area contributed by atoms with E-state index in [1.54, 1.807) is 13.2 Å². The second-order valence-corrected chi connectivity index (χ2v) is 10.5. The molecular formula is C27H29N3O5S. The Balaban J connectivity index is 1.46. The first-order valence-corrected chi connectivity index (χ1v) is 13.2. The van der Waals surface area contributed by atoms with E-state index in [1.807, 2.05) is 35.2 Å². The van der Waals surface area contributed by atoms with Gasteiger partial charge in [-0.1, -0.05) is 30.0 Å². The topological polar surface area (TPSA) is 105 Å². The van der Waals surface area contributed by atoms with Crippen LogP contribution in [0.4, 0.5) is 10.5 Å². The lowest BCUT2D eigenvalue weighted by molar-refractivity contribution is -0.119. The van der Waals surface area contributed by atoms with Gasteiger partial charge in [-0.15, -0.1) is 0 Å². The highest BCUT2D eigenvalue weighted by atomic mass is 32.2. The van der Waals surface area contributed by atoms with Crippen molar-refractivity contribution in [3.8, 4) is 5.75 Å². The van der Waals surface area contributed by atoms with Crippen LogP contribution in [0.3, 0.4) is 0 Å². The Morgan fingerprint density at radius 3 is 2.44 bits per heavy atom. The van der Waals surface area contributed by atoms with Crippen molar-refractivity contribution in [1.29, 1.82) is 0 Å². The van der Waals surface area contributed by atoms with Crippen LogP contribution in [-0.4, -0.2) is 53.3 Å². The van der Waals surface area contributed by atoms with E-state index in [9.17, 15) is 19.2 Å². The molecule has 5 rings (SSSR count). The van der Waals surface area contributed by atoms with Crippen LogP contribution in [0.1, 0.15) is 58.6 Å². The van der Waals surface area contributed by atoms with E-state index in [2.05, 4.69) is 10.6 Å². The van der Waals surface area contributed by atoms with Crippen LogP contribution in [0.2, 0.25) is 0 Å². The number of methoxy groups -OCH3 is 1. The summed E-state index contributed by atoms with van der Waals surface area (Å²) < 4.78 is 5.47. The zero-order valence-electron chi connectivity index (χ0n) is 20.2. The molecule has 8 nitrogen and oxygen atoms in total. The fourth-order valence-corrected chi connectivity index (χ4v) is 6.30. The van der Waals surface area contributed by atoms with Gasteiger partial charge >= 0.3 is 0 Å². The van der Waals surface area contributed by atoms with Crippen molar-refractivity contribution in [2.24, 2.45) is 0 Å². The van der Waals surface area contributed by atoms with Crippen molar-refractivity contribution >= 4 is 40.4 Å². The molecule has 0 spiro atoms. The highest BCUT2D eigenvalue weighted by Gasteiger charge is 2.40. The SMILES string of the molecule is COc1ccc(C(Cc2ccc(C(=O)N3CCCCC3)cc2)C2SC(=O)NC2=O)c2c1NC(=O)CC2. The molecule has 188 valence electrons. The number of nitrogens with one attached hydrogen (secondary N) is 2. The van der Waals surface area contributed by atoms with Crippen LogP contribution in [0.25, 0.3) is 0 Å². The maximum absolute atomic E-state index is 12.9. The van der Waals surface area contributed by atoms with Crippen LogP contribution in [0.15, 0.2) is 36.4 Å². The number of ether oxygens (including phenoxy) is 1. The van der Waals surface area contributed by atoms with Crippen molar-refractivity contribution in [1.82, 2.24) is 10.2 Å². The zero-order chi connectivity index (χ0) is 25.2. The summed E-state index contributed by atoms with van der Waals surface area (Å²) in [4.78, 5) is 51.7. The van der Waals surface area contributed by atoms with Gasteiger partial charge in [0.25, 0.3) is 11.1 Å². The van der Waals surface area contributed by atoms with Gasteiger partial charge in [0.2, 0.25) is 11.8 Å². The van der Waals surface area contributed by atoms with E-state index in [0.29, 0.717) is 36.3 Å². The molecule has 0 saturated carbocycles. The van der Waals surface area contributed by atoms with Gasteiger partial charge in [0, 0.05) is 31.0 Å². The summed E-state index contributed by atoms with van der Waals surface area (Å²) in [6.45, 7) is 1.59. The fraction of sp³-hybridized carbons (Fsp3) is 0.407. The molecule has 2 saturated heterocycles. The number of carbonyl (C=O) groups is 4. The summed E-state index contributed by atoms with van der Waals surface area (Å²) in [5.74, 6) is -0.0718. The molecular weight excluding hydrogens is 478 g/mol. The lowest BCUT2D eigenvalue weighted by Crippen LogP contribution is -2.35. The Hall–Kier alpha value is -3.33. The minimum absolute atomic E-state index is 0.0501. The maximum Gasteiger partial charge on any atom is 0.286 e. The molecule has 2 atom stereocenters. The zero-order valence-corrected chi connectivity index (χ0v) is 21.0. The number of carbonyl (C=O) groups excluding carboxylic acids is 4. The summed E-state index contributed by atoms with van der Waals surface area (Å²) in [5.41, 5.74) is 4.11. The number of piperidine rings is 1. The lowest BCUT2D eigenvalue weighted by Gasteiger charge is -2.29. The largest absolute Gasteiger partial charge is 0.495 e. The van der Waals surface area contributed by atoms with E-state index in [1.165, 1.54) is 0 Å². The molecule has 36 heavy (non-hydrogen) atoms. The number of likely N-dealkylation sites (tertiary alicyclic amines) is 1. The molecule has 0 bridgehead atoms. The summed E-state index contributed by atoms with van der Waals surface area (Å²) in [5, 5.41) is 4.38. The van der Waals surface area contributed by atoms with Crippen molar-refractivity contribution in [3.05, 3.63) is 58.7 Å². The maximum atomic E-state index is 12.9. The van der Waals surface area contributed by atoms with Gasteiger partial charge in [0.1, 0.15) is 11.0 Å². The Kier molecular flexibility index (Phi) is 7.00. The molecule has 4 amide bonds. The normalized spacial score (nSPS) is 20.4. The molecule has 3 aliphatic rings. The highest BCUT2D eigenvalue weighted by molar-refractivity contribution is 8.15. The number of fused-ring (bicyclic) bond motifs is 1. The first kappa shape index (κ1) is 24.4. The predicted molar refractivity (Wildman–Crippen MR) is 138 cm³/mol. The monoisotopic (exact) mass is 507 g/mol. The second kappa shape index (κ2) is 10.3. The van der Waals surface area contributed by atoms with Crippen LogP contribution < -0.4 is 15.4 Å². The summed E-state index contributed by atoms with van der Waals surface area (Å²) >= 11 is 1.00. The quantitative estimate of drug-likeness (QED) is 0.615. The van der Waals surface area contributed by atoms with Gasteiger partial charge in [-0.2, -0.15) is 0 Å². The first-order valence-electron chi connectivity index (χ1n) is 12.3. The third-order valence-corrected chi connectivity index (χ3v) is 8.29. The van der Waals surface area contributed by atoms with Gasteiger partial charge in [0.15, 0.2) is 0 Å². The van der Waals surface area contributed by atoms with Crippen LogP contribution >= 0.6 is 11.8 Å². The number of thioether (sulfide) groups is 1. The molecule has 2 unspecified atom stereocenters. The predicted octanol–water partition coefficient (Wildman–Crippen LogP) is 3.88. The molecule has 2 N–H and O–H groups in total. The van der Waals surface area contributed by atoms with E-state index in [-0.39, 0.29) is 28.9 Å². The standard InChI is InChI=1S/C27H29N3O5S/c1-35-21-11-9-18(19-10-12-22(31)28-23(19)21)20(24-25(32)29-27(34)36-24)15-16-5-7-17(8-6-16)26(33)30-13-3-2-4-14-30/h5-9,11,20,24H,2-4,10,12-15H2,1H3,(H,28,31)(H,29,32,34). The van der Waals surface area contributed by atoms with Crippen LogP contribution in [0.5, 0.6) is 5.75 Å². The minimum Gasteiger partial charge on any atom is -0.495 e. The summed E-state index contributed by atoms with van der Waals surface area (Å²) in [6, 6.07) is 11.3. The minimum atomic E-state index is -0.595. The number of hydrogen-bond donors (Lipinski definition) is 2.